The third-order valence-electron chi connectivity index (χ3n) is 2.72. The van der Waals surface area contributed by atoms with Gasteiger partial charge in [-0.25, -0.2) is 0 Å². The normalized spacial score (nSPS) is 20.8. The van der Waals surface area contributed by atoms with E-state index in [9.17, 15) is 0 Å². The molecule has 1 heterocycles. The third kappa shape index (κ3) is 5.81. The Balaban J connectivity index is 0. The molecule has 0 saturated carbocycles. The molecule has 0 radical (unpaired) electrons. The average Bonchev–Trinajstić information content (AvgIpc) is 2.03. The summed E-state index contributed by atoms with van der Waals surface area (Å²) in [6.07, 6.45) is 1.15. The first-order valence-corrected chi connectivity index (χ1v) is 4.88. The molecule has 0 aromatic heterocycles. The smallest absolute Gasteiger partial charge is 0.0912 e. The van der Waals surface area contributed by atoms with Crippen molar-refractivity contribution in [2.24, 2.45) is 5.73 Å². The predicted octanol–water partition coefficient (Wildman–Crippen LogP) is -2.63. The van der Waals surface area contributed by atoms with Crippen molar-refractivity contribution in [1.82, 2.24) is 4.90 Å². The Morgan fingerprint density at radius 2 is 1.71 bits per heavy atom. The second-order valence-electron chi connectivity index (χ2n) is 4.37. The number of halogens is 1. The molecule has 0 amide bonds. The van der Waals surface area contributed by atoms with E-state index in [0.29, 0.717) is 0 Å². The molecule has 88 valence electrons. The largest absolute Gasteiger partial charge is 1.00 e. The Bertz CT molecular complexity index is 129. The fraction of sp³-hybridized carbons (Fsp3) is 1.00. The van der Waals surface area contributed by atoms with E-state index in [1.54, 1.807) is 0 Å². The highest BCUT2D eigenvalue weighted by Gasteiger charge is 2.23. The van der Waals surface area contributed by atoms with Gasteiger partial charge < -0.3 is 22.6 Å². The molecule has 0 aliphatic carbocycles. The second kappa shape index (κ2) is 7.46. The van der Waals surface area contributed by atoms with Gasteiger partial charge in [0, 0.05) is 13.1 Å². The van der Waals surface area contributed by atoms with Gasteiger partial charge in [0.25, 0.3) is 0 Å². The average molecular weight is 224 g/mol. The van der Waals surface area contributed by atoms with Gasteiger partial charge in [-0.05, 0) is 19.5 Å². The Morgan fingerprint density at radius 3 is 2.14 bits per heavy atom. The minimum atomic E-state index is 0. The number of hydrogen-bond acceptors (Lipinski definition) is 2. The molecule has 0 atom stereocenters. The molecule has 4 heteroatoms. The maximum atomic E-state index is 5.47. The molecule has 0 aromatic rings. The number of likely N-dealkylation sites (N-methyl/N-ethyl adjacent to an activating group) is 1. The number of rotatable bonds is 3. The summed E-state index contributed by atoms with van der Waals surface area (Å²) >= 11 is 0. The van der Waals surface area contributed by atoms with E-state index in [1.807, 2.05) is 0 Å². The van der Waals surface area contributed by atoms with Crippen LogP contribution in [0.3, 0.4) is 0 Å². The zero-order chi connectivity index (χ0) is 9.03. The quantitative estimate of drug-likeness (QED) is 0.531. The summed E-state index contributed by atoms with van der Waals surface area (Å²) in [6, 6.07) is 0. The molecular formula is C10H26ClN3. The summed E-state index contributed by atoms with van der Waals surface area (Å²) in [5.74, 6) is 0. The van der Waals surface area contributed by atoms with Crippen molar-refractivity contribution < 1.29 is 16.9 Å². The lowest BCUT2D eigenvalue weighted by molar-refractivity contribution is -0.894. The van der Waals surface area contributed by atoms with Gasteiger partial charge in [0.05, 0.1) is 27.2 Å². The first-order chi connectivity index (χ1) is 5.64. The molecule has 3 nitrogen and oxygen atoms in total. The number of nitrogens with two attached hydrogens (primary N) is 1. The van der Waals surface area contributed by atoms with Gasteiger partial charge in [-0.3, -0.25) is 4.90 Å². The van der Waals surface area contributed by atoms with Crippen LogP contribution in [0.2, 0.25) is 0 Å². The molecule has 1 aliphatic rings. The van der Waals surface area contributed by atoms with E-state index in [-0.39, 0.29) is 19.8 Å². The standard InChI is InChI=1S/C9H22N3.CH4.ClH/c1-12(2)8-6-11(7-9-12)5-3-4-10;;/h3-10H2,1-2H3;1H4;1H/q+1;;/p-1. The molecular weight excluding hydrogens is 198 g/mol. The van der Waals surface area contributed by atoms with Crippen LogP contribution in [0.25, 0.3) is 0 Å². The summed E-state index contributed by atoms with van der Waals surface area (Å²) in [6.45, 7) is 7.07. The maximum absolute atomic E-state index is 5.47. The van der Waals surface area contributed by atoms with Crippen molar-refractivity contribution >= 4 is 0 Å². The van der Waals surface area contributed by atoms with Crippen LogP contribution >= 0.6 is 0 Å². The molecule has 14 heavy (non-hydrogen) atoms. The highest BCUT2D eigenvalue weighted by molar-refractivity contribution is 4.62. The van der Waals surface area contributed by atoms with E-state index < -0.39 is 0 Å². The van der Waals surface area contributed by atoms with E-state index in [1.165, 1.54) is 37.2 Å². The SMILES string of the molecule is C.C[N+]1(C)CCN(CCCN)CC1.[Cl-]. The first-order valence-electron chi connectivity index (χ1n) is 4.88. The first kappa shape index (κ1) is 16.6. The van der Waals surface area contributed by atoms with Crippen molar-refractivity contribution in [1.29, 1.82) is 0 Å². The third-order valence-corrected chi connectivity index (χ3v) is 2.72. The van der Waals surface area contributed by atoms with Gasteiger partial charge in [-0.2, -0.15) is 0 Å². The fourth-order valence-corrected chi connectivity index (χ4v) is 1.59. The van der Waals surface area contributed by atoms with Crippen molar-refractivity contribution in [2.75, 3.05) is 53.4 Å². The Morgan fingerprint density at radius 1 is 1.21 bits per heavy atom. The lowest BCUT2D eigenvalue weighted by Gasteiger charge is -2.39. The van der Waals surface area contributed by atoms with Gasteiger partial charge in [-0.1, -0.05) is 7.43 Å². The van der Waals surface area contributed by atoms with Gasteiger partial charge in [0.2, 0.25) is 0 Å². The summed E-state index contributed by atoms with van der Waals surface area (Å²) in [4.78, 5) is 2.52. The molecule has 1 rings (SSSR count). The van der Waals surface area contributed by atoms with Crippen LogP contribution < -0.4 is 18.1 Å². The summed E-state index contributed by atoms with van der Waals surface area (Å²) in [5, 5.41) is 0. The van der Waals surface area contributed by atoms with Crippen molar-refractivity contribution in [3.05, 3.63) is 0 Å². The van der Waals surface area contributed by atoms with Gasteiger partial charge >= 0.3 is 0 Å². The molecule has 0 bridgehead atoms. The van der Waals surface area contributed by atoms with Crippen LogP contribution in [0.4, 0.5) is 0 Å². The summed E-state index contributed by atoms with van der Waals surface area (Å²) in [5.41, 5.74) is 5.47. The summed E-state index contributed by atoms with van der Waals surface area (Å²) in [7, 11) is 4.61. The number of nitrogens with zero attached hydrogens (tertiary/aromatic N) is 2. The molecule has 0 unspecified atom stereocenters. The highest BCUT2D eigenvalue weighted by atomic mass is 35.5. The highest BCUT2D eigenvalue weighted by Crippen LogP contribution is 2.06. The van der Waals surface area contributed by atoms with Crippen LogP contribution in [0.15, 0.2) is 0 Å². The number of quaternary nitrogens is 1. The predicted molar refractivity (Wildman–Crippen MR) is 58.7 cm³/mol. The van der Waals surface area contributed by atoms with E-state index in [0.717, 1.165) is 13.0 Å². The van der Waals surface area contributed by atoms with Crippen LogP contribution in [0.5, 0.6) is 0 Å². The van der Waals surface area contributed by atoms with Crippen molar-refractivity contribution in [3.8, 4) is 0 Å². The van der Waals surface area contributed by atoms with Gasteiger partial charge in [-0.15, -0.1) is 0 Å². The lowest BCUT2D eigenvalue weighted by atomic mass is 10.2. The molecule has 1 fully saturated rings. The molecule has 0 aromatic carbocycles. The number of hydrogen-bond donors (Lipinski definition) is 1. The van der Waals surface area contributed by atoms with Crippen LogP contribution in [-0.4, -0.2) is 62.7 Å². The van der Waals surface area contributed by atoms with Crippen LogP contribution in [0.1, 0.15) is 13.8 Å². The molecule has 1 aliphatic heterocycles. The van der Waals surface area contributed by atoms with E-state index in [2.05, 4.69) is 19.0 Å². The molecule has 0 spiro atoms. The topological polar surface area (TPSA) is 29.3 Å². The van der Waals surface area contributed by atoms with Gasteiger partial charge in [0.15, 0.2) is 0 Å². The minimum absolute atomic E-state index is 0. The summed E-state index contributed by atoms with van der Waals surface area (Å²) < 4.78 is 1.18. The van der Waals surface area contributed by atoms with E-state index in [4.69, 9.17) is 5.73 Å². The van der Waals surface area contributed by atoms with Gasteiger partial charge in [0.1, 0.15) is 0 Å². The zero-order valence-corrected chi connectivity index (χ0v) is 9.56. The molecule has 1 saturated heterocycles. The monoisotopic (exact) mass is 223 g/mol. The Hall–Kier alpha value is 0.170. The van der Waals surface area contributed by atoms with Crippen LogP contribution in [0, 0.1) is 0 Å². The number of piperazine rings is 1. The maximum Gasteiger partial charge on any atom is 0.0912 e. The van der Waals surface area contributed by atoms with E-state index >= 15 is 0 Å². The van der Waals surface area contributed by atoms with Crippen molar-refractivity contribution in [3.63, 3.8) is 0 Å². The molecule has 2 N–H and O–H groups in total. The Labute approximate surface area is 95.2 Å². The minimum Gasteiger partial charge on any atom is -1.00 e. The zero-order valence-electron chi connectivity index (χ0n) is 8.80. The Kier molecular flexibility index (Phi) is 8.84. The van der Waals surface area contributed by atoms with Crippen LogP contribution in [-0.2, 0) is 0 Å². The van der Waals surface area contributed by atoms with Crippen molar-refractivity contribution in [2.45, 2.75) is 13.8 Å². The second-order valence-corrected chi connectivity index (χ2v) is 4.37. The fourth-order valence-electron chi connectivity index (χ4n) is 1.59. The lowest BCUT2D eigenvalue weighted by Crippen LogP contribution is -3.00.